The molecule has 0 bridgehead atoms. The van der Waals surface area contributed by atoms with Crippen LogP contribution in [0.4, 0.5) is 0 Å². The fourth-order valence-electron chi connectivity index (χ4n) is 1.06. The van der Waals surface area contributed by atoms with Crippen molar-refractivity contribution in [2.24, 2.45) is 7.05 Å². The van der Waals surface area contributed by atoms with Crippen LogP contribution in [0.5, 0.6) is 0 Å². The van der Waals surface area contributed by atoms with Crippen molar-refractivity contribution in [3.8, 4) is 11.5 Å². The highest BCUT2D eigenvalue weighted by Gasteiger charge is 2.17. The first-order chi connectivity index (χ1) is 6.98. The van der Waals surface area contributed by atoms with E-state index in [9.17, 15) is 8.42 Å². The van der Waals surface area contributed by atoms with Gasteiger partial charge < -0.3 is 0 Å². The molecular formula is C6H6ClN5O2S. The minimum atomic E-state index is -3.87. The van der Waals surface area contributed by atoms with Gasteiger partial charge in [-0.3, -0.25) is 4.68 Å². The fraction of sp³-hybridized carbons (Fsp3) is 0.167. The van der Waals surface area contributed by atoms with Crippen LogP contribution in [0.1, 0.15) is 0 Å². The molecule has 2 aromatic heterocycles. The first-order valence-electron chi connectivity index (χ1n) is 3.84. The minimum absolute atomic E-state index is 0.231. The van der Waals surface area contributed by atoms with Gasteiger partial charge in [-0.15, -0.1) is 0 Å². The van der Waals surface area contributed by atoms with Crippen LogP contribution in [0.25, 0.3) is 11.5 Å². The van der Waals surface area contributed by atoms with Crippen LogP contribution < -0.4 is 0 Å². The van der Waals surface area contributed by atoms with Crippen molar-refractivity contribution in [1.82, 2.24) is 25.0 Å². The molecule has 2 rings (SSSR count). The third kappa shape index (κ3) is 1.85. The van der Waals surface area contributed by atoms with Gasteiger partial charge in [-0.25, -0.2) is 13.5 Å². The van der Waals surface area contributed by atoms with Crippen LogP contribution in [0.2, 0.25) is 0 Å². The third-order valence-electron chi connectivity index (χ3n) is 1.75. The lowest BCUT2D eigenvalue weighted by molar-refractivity contribution is 0.602. The second kappa shape index (κ2) is 3.31. The summed E-state index contributed by atoms with van der Waals surface area (Å²) in [5.74, 6) is 0.231. The number of rotatable bonds is 2. The van der Waals surface area contributed by atoms with Crippen molar-refractivity contribution in [2.75, 3.05) is 0 Å². The van der Waals surface area contributed by atoms with E-state index in [4.69, 9.17) is 10.7 Å². The Hall–Kier alpha value is -1.41. The molecule has 0 radical (unpaired) electrons. The van der Waals surface area contributed by atoms with Crippen molar-refractivity contribution in [3.63, 3.8) is 0 Å². The van der Waals surface area contributed by atoms with Gasteiger partial charge in [0.1, 0.15) is 5.69 Å². The summed E-state index contributed by atoms with van der Waals surface area (Å²) in [7, 11) is 2.91. The Bertz CT molecular complexity index is 586. The molecular weight excluding hydrogens is 242 g/mol. The quantitative estimate of drug-likeness (QED) is 0.762. The first kappa shape index (κ1) is 10.1. The van der Waals surface area contributed by atoms with Gasteiger partial charge in [-0.2, -0.15) is 15.2 Å². The van der Waals surface area contributed by atoms with Gasteiger partial charge in [0, 0.05) is 23.9 Å². The monoisotopic (exact) mass is 247 g/mol. The van der Waals surface area contributed by atoms with Gasteiger partial charge in [0.25, 0.3) is 14.2 Å². The van der Waals surface area contributed by atoms with E-state index in [0.29, 0.717) is 5.69 Å². The van der Waals surface area contributed by atoms with Crippen molar-refractivity contribution >= 4 is 19.7 Å². The second-order valence-electron chi connectivity index (χ2n) is 2.74. The van der Waals surface area contributed by atoms with Crippen LogP contribution in [0, 0.1) is 0 Å². The standard InChI is InChI=1S/C6H6ClN5O2S/c1-12-4(2-3-8-12)5-9-6(11-10-5)15(7,13)14/h2-3H,1H3,(H,9,10,11). The van der Waals surface area contributed by atoms with Crippen molar-refractivity contribution in [2.45, 2.75) is 5.16 Å². The number of nitrogens with one attached hydrogen (secondary N) is 1. The molecule has 0 atom stereocenters. The van der Waals surface area contributed by atoms with E-state index in [2.05, 4.69) is 20.3 Å². The number of H-pyrrole nitrogens is 1. The molecule has 0 amide bonds. The minimum Gasteiger partial charge on any atom is -0.265 e. The zero-order valence-corrected chi connectivity index (χ0v) is 9.12. The molecule has 0 aromatic carbocycles. The fourth-order valence-corrected chi connectivity index (χ4v) is 1.62. The summed E-state index contributed by atoms with van der Waals surface area (Å²) in [5, 5.41) is 9.49. The molecule has 0 saturated heterocycles. The van der Waals surface area contributed by atoms with E-state index in [-0.39, 0.29) is 11.0 Å². The van der Waals surface area contributed by atoms with Gasteiger partial charge in [0.05, 0.1) is 0 Å². The Morgan fingerprint density at radius 2 is 2.27 bits per heavy atom. The number of halogens is 1. The zero-order valence-electron chi connectivity index (χ0n) is 7.55. The first-order valence-corrected chi connectivity index (χ1v) is 6.15. The van der Waals surface area contributed by atoms with E-state index < -0.39 is 9.05 Å². The summed E-state index contributed by atoms with van der Waals surface area (Å²) < 4.78 is 23.3. The molecule has 9 heteroatoms. The number of hydrogen-bond donors (Lipinski definition) is 1. The third-order valence-corrected chi connectivity index (χ3v) is 2.83. The normalized spacial score (nSPS) is 11.9. The molecule has 2 aromatic rings. The maximum Gasteiger partial charge on any atom is 0.296 e. The van der Waals surface area contributed by atoms with Gasteiger partial charge in [0.2, 0.25) is 0 Å². The topological polar surface area (TPSA) is 93.5 Å². The Morgan fingerprint density at radius 3 is 2.73 bits per heavy atom. The molecule has 0 aliphatic carbocycles. The number of aromatic amines is 1. The lowest BCUT2D eigenvalue weighted by Crippen LogP contribution is -1.95. The van der Waals surface area contributed by atoms with E-state index in [1.165, 1.54) is 4.68 Å². The highest BCUT2D eigenvalue weighted by Crippen LogP contribution is 2.16. The summed E-state index contributed by atoms with van der Waals surface area (Å²) in [5.41, 5.74) is 0.595. The summed E-state index contributed by atoms with van der Waals surface area (Å²) >= 11 is 0. The molecule has 0 spiro atoms. The molecule has 0 unspecified atom stereocenters. The van der Waals surface area contributed by atoms with E-state index in [0.717, 1.165) is 0 Å². The molecule has 80 valence electrons. The molecule has 1 N–H and O–H groups in total. The highest BCUT2D eigenvalue weighted by molar-refractivity contribution is 8.13. The molecule has 15 heavy (non-hydrogen) atoms. The summed E-state index contributed by atoms with van der Waals surface area (Å²) in [4.78, 5) is 3.74. The van der Waals surface area contributed by atoms with Crippen LogP contribution in [-0.2, 0) is 16.1 Å². The van der Waals surface area contributed by atoms with Crippen molar-refractivity contribution in [3.05, 3.63) is 12.3 Å². The average Bonchev–Trinajstić information content (AvgIpc) is 2.69. The van der Waals surface area contributed by atoms with Gasteiger partial charge >= 0.3 is 0 Å². The van der Waals surface area contributed by atoms with Crippen molar-refractivity contribution in [1.29, 1.82) is 0 Å². The smallest absolute Gasteiger partial charge is 0.265 e. The lowest BCUT2D eigenvalue weighted by Gasteiger charge is -1.93. The molecule has 7 nitrogen and oxygen atoms in total. The molecule has 0 saturated carbocycles. The number of nitrogens with zero attached hydrogens (tertiary/aromatic N) is 4. The Labute approximate surface area is 89.5 Å². The maximum atomic E-state index is 10.9. The van der Waals surface area contributed by atoms with Gasteiger partial charge in [-0.05, 0) is 6.07 Å². The summed E-state index contributed by atoms with van der Waals surface area (Å²) in [6.45, 7) is 0. The zero-order chi connectivity index (χ0) is 11.1. The number of hydrogen-bond acceptors (Lipinski definition) is 5. The summed E-state index contributed by atoms with van der Waals surface area (Å²) in [6, 6.07) is 1.66. The van der Waals surface area contributed by atoms with Crippen LogP contribution in [0.15, 0.2) is 17.4 Å². The molecule has 0 fully saturated rings. The number of aryl methyl sites for hydroxylation is 1. The van der Waals surface area contributed by atoms with Crippen LogP contribution in [0.3, 0.4) is 0 Å². The van der Waals surface area contributed by atoms with Crippen molar-refractivity contribution < 1.29 is 8.42 Å². The Balaban J connectivity index is 2.50. The SMILES string of the molecule is Cn1nccc1-c1n[nH]c(S(=O)(=O)Cl)n1. The highest BCUT2D eigenvalue weighted by atomic mass is 35.7. The Morgan fingerprint density at radius 1 is 1.53 bits per heavy atom. The largest absolute Gasteiger partial charge is 0.296 e. The van der Waals surface area contributed by atoms with E-state index in [1.807, 2.05) is 0 Å². The van der Waals surface area contributed by atoms with E-state index >= 15 is 0 Å². The lowest BCUT2D eigenvalue weighted by atomic mass is 10.4. The molecule has 2 heterocycles. The Kier molecular flexibility index (Phi) is 2.24. The average molecular weight is 248 g/mol. The van der Waals surface area contributed by atoms with Gasteiger partial charge in [-0.1, -0.05) is 0 Å². The summed E-state index contributed by atoms with van der Waals surface area (Å²) in [6.07, 6.45) is 1.56. The predicted molar refractivity (Wildman–Crippen MR) is 51.6 cm³/mol. The molecule has 0 aliphatic rings. The second-order valence-corrected chi connectivity index (χ2v) is 5.22. The molecule has 0 aliphatic heterocycles. The number of aromatic nitrogens is 5. The maximum absolute atomic E-state index is 10.9. The van der Waals surface area contributed by atoms with Crippen LogP contribution in [-0.4, -0.2) is 33.4 Å². The predicted octanol–water partition coefficient (Wildman–Crippen LogP) is 0.133. The van der Waals surface area contributed by atoms with Crippen LogP contribution >= 0.6 is 10.7 Å². The van der Waals surface area contributed by atoms with Gasteiger partial charge in [0.15, 0.2) is 5.82 Å². The van der Waals surface area contributed by atoms with E-state index in [1.54, 1.807) is 19.3 Å².